The Kier molecular flexibility index (Phi) is 2.60. The molecular formula is C11H10N4OS. The van der Waals surface area contributed by atoms with Crippen molar-refractivity contribution in [1.29, 1.82) is 0 Å². The number of thiazole rings is 1. The zero-order chi connectivity index (χ0) is 11.7. The summed E-state index contributed by atoms with van der Waals surface area (Å²) in [5.41, 5.74) is 6.17. The minimum Gasteiger partial charge on any atom is -0.443 e. The van der Waals surface area contributed by atoms with Crippen molar-refractivity contribution in [1.82, 2.24) is 15.4 Å². The van der Waals surface area contributed by atoms with Gasteiger partial charge < -0.3 is 4.42 Å². The minimum atomic E-state index is 0.579. The van der Waals surface area contributed by atoms with E-state index < -0.39 is 0 Å². The Bertz CT molecular complexity index is 646. The van der Waals surface area contributed by atoms with E-state index in [9.17, 15) is 0 Å². The van der Waals surface area contributed by atoms with Crippen molar-refractivity contribution < 1.29 is 4.42 Å². The number of nitrogens with zero attached hydrogens (tertiary/aromatic N) is 2. The Morgan fingerprint density at radius 1 is 1.41 bits per heavy atom. The van der Waals surface area contributed by atoms with Crippen molar-refractivity contribution in [3.8, 4) is 11.3 Å². The summed E-state index contributed by atoms with van der Waals surface area (Å²) in [6, 6.07) is 5.85. The highest BCUT2D eigenvalue weighted by molar-refractivity contribution is 7.09. The maximum atomic E-state index is 5.27. The first kappa shape index (κ1) is 10.4. The number of rotatable bonds is 3. The fraction of sp³-hybridized carbons (Fsp3) is 0.0909. The smallest absolute Gasteiger partial charge is 0.181 e. The lowest BCUT2D eigenvalue weighted by atomic mass is 10.1. The van der Waals surface area contributed by atoms with E-state index in [1.807, 2.05) is 23.6 Å². The van der Waals surface area contributed by atoms with E-state index in [0.29, 0.717) is 6.54 Å². The Labute approximate surface area is 101 Å². The zero-order valence-electron chi connectivity index (χ0n) is 8.88. The molecule has 2 aromatic heterocycles. The van der Waals surface area contributed by atoms with Crippen LogP contribution in [0.1, 0.15) is 5.01 Å². The molecule has 1 aromatic carbocycles. The van der Waals surface area contributed by atoms with Crippen molar-refractivity contribution in [2.24, 2.45) is 5.84 Å². The second kappa shape index (κ2) is 4.25. The zero-order valence-corrected chi connectivity index (χ0v) is 9.70. The normalized spacial score (nSPS) is 11.1. The van der Waals surface area contributed by atoms with Gasteiger partial charge in [0, 0.05) is 10.9 Å². The Morgan fingerprint density at radius 3 is 3.24 bits per heavy atom. The van der Waals surface area contributed by atoms with Crippen LogP contribution in [0.5, 0.6) is 0 Å². The topological polar surface area (TPSA) is 77.0 Å². The van der Waals surface area contributed by atoms with Crippen LogP contribution in [0, 0.1) is 0 Å². The summed E-state index contributed by atoms with van der Waals surface area (Å²) in [5.74, 6) is 5.26. The van der Waals surface area contributed by atoms with Crippen LogP contribution in [0.15, 0.2) is 34.4 Å². The summed E-state index contributed by atoms with van der Waals surface area (Å²) in [6.45, 7) is 0.579. The number of fused-ring (bicyclic) bond motifs is 1. The molecule has 17 heavy (non-hydrogen) atoms. The average molecular weight is 246 g/mol. The maximum Gasteiger partial charge on any atom is 0.181 e. The largest absolute Gasteiger partial charge is 0.443 e. The van der Waals surface area contributed by atoms with Crippen LogP contribution in [0.3, 0.4) is 0 Å². The Hall–Kier alpha value is -1.76. The van der Waals surface area contributed by atoms with Crippen molar-refractivity contribution in [3.05, 3.63) is 35.0 Å². The van der Waals surface area contributed by atoms with Gasteiger partial charge in [-0.15, -0.1) is 11.3 Å². The number of benzene rings is 1. The molecule has 0 spiro atoms. The number of nitrogens with one attached hydrogen (secondary N) is 1. The van der Waals surface area contributed by atoms with Gasteiger partial charge in [-0.1, -0.05) is 6.07 Å². The second-order valence-corrected chi connectivity index (χ2v) is 4.48. The molecule has 2 heterocycles. The molecule has 86 valence electrons. The lowest BCUT2D eigenvalue weighted by Crippen LogP contribution is -2.20. The van der Waals surface area contributed by atoms with Crippen molar-refractivity contribution in [2.45, 2.75) is 6.54 Å². The second-order valence-electron chi connectivity index (χ2n) is 3.54. The molecule has 0 unspecified atom stereocenters. The molecule has 0 bridgehead atoms. The van der Waals surface area contributed by atoms with Crippen molar-refractivity contribution in [2.75, 3.05) is 0 Å². The van der Waals surface area contributed by atoms with Gasteiger partial charge in [0.25, 0.3) is 0 Å². The van der Waals surface area contributed by atoms with Gasteiger partial charge in [0.1, 0.15) is 10.5 Å². The highest BCUT2D eigenvalue weighted by atomic mass is 32.1. The number of hydrogen-bond acceptors (Lipinski definition) is 6. The third-order valence-corrected chi connectivity index (χ3v) is 3.28. The molecule has 0 amide bonds. The predicted molar refractivity (Wildman–Crippen MR) is 66.1 cm³/mol. The van der Waals surface area contributed by atoms with Crippen LogP contribution in [0.4, 0.5) is 0 Å². The van der Waals surface area contributed by atoms with Gasteiger partial charge in [-0.05, 0) is 12.1 Å². The molecule has 3 N–H and O–H groups in total. The Balaban J connectivity index is 2.00. The van der Waals surface area contributed by atoms with Crippen LogP contribution in [-0.2, 0) is 6.54 Å². The van der Waals surface area contributed by atoms with Gasteiger partial charge in [0.2, 0.25) is 0 Å². The summed E-state index contributed by atoms with van der Waals surface area (Å²) in [5, 5.41) is 2.96. The molecule has 0 aliphatic heterocycles. The Morgan fingerprint density at radius 2 is 2.35 bits per heavy atom. The third-order valence-electron chi connectivity index (χ3n) is 2.43. The molecule has 3 aromatic rings. The summed E-state index contributed by atoms with van der Waals surface area (Å²) < 4.78 is 5.27. The van der Waals surface area contributed by atoms with Gasteiger partial charge >= 0.3 is 0 Å². The van der Waals surface area contributed by atoms with Gasteiger partial charge in [-0.2, -0.15) is 0 Å². The van der Waals surface area contributed by atoms with Crippen LogP contribution < -0.4 is 11.3 Å². The molecular weight excluding hydrogens is 236 g/mol. The standard InChI is InChI=1S/C11H10N4OS/c12-14-4-11-15-9(5-17-11)7-1-2-8-10(3-7)16-6-13-8/h1-3,5-6,14H,4,12H2. The summed E-state index contributed by atoms with van der Waals surface area (Å²) >= 11 is 1.58. The van der Waals surface area contributed by atoms with Crippen molar-refractivity contribution >= 4 is 22.4 Å². The van der Waals surface area contributed by atoms with E-state index >= 15 is 0 Å². The van der Waals surface area contributed by atoms with Gasteiger partial charge in [0.15, 0.2) is 12.0 Å². The molecule has 5 nitrogen and oxygen atoms in total. The van der Waals surface area contributed by atoms with Crippen LogP contribution >= 0.6 is 11.3 Å². The minimum absolute atomic E-state index is 0.579. The number of nitrogens with two attached hydrogens (primary N) is 1. The highest BCUT2D eigenvalue weighted by Gasteiger charge is 2.06. The van der Waals surface area contributed by atoms with E-state index in [1.54, 1.807) is 11.3 Å². The van der Waals surface area contributed by atoms with E-state index in [0.717, 1.165) is 27.4 Å². The first-order chi connectivity index (χ1) is 8.36. The fourth-order valence-corrected chi connectivity index (χ4v) is 2.38. The molecule has 0 aliphatic rings. The quantitative estimate of drug-likeness (QED) is 0.545. The fourth-order valence-electron chi connectivity index (χ4n) is 1.63. The van der Waals surface area contributed by atoms with Gasteiger partial charge in [-0.3, -0.25) is 11.3 Å². The number of oxazole rings is 1. The van der Waals surface area contributed by atoms with Gasteiger partial charge in [-0.25, -0.2) is 9.97 Å². The van der Waals surface area contributed by atoms with E-state index in [1.165, 1.54) is 6.39 Å². The number of aromatic nitrogens is 2. The molecule has 0 atom stereocenters. The molecule has 0 radical (unpaired) electrons. The third kappa shape index (κ3) is 1.93. The molecule has 0 fully saturated rings. The molecule has 0 saturated carbocycles. The van der Waals surface area contributed by atoms with E-state index in [2.05, 4.69) is 15.4 Å². The SMILES string of the molecule is NNCc1nc(-c2ccc3ncoc3c2)cs1. The lowest BCUT2D eigenvalue weighted by molar-refractivity contribution is 0.602. The summed E-state index contributed by atoms with van der Waals surface area (Å²) in [7, 11) is 0. The van der Waals surface area contributed by atoms with E-state index in [4.69, 9.17) is 10.3 Å². The van der Waals surface area contributed by atoms with E-state index in [-0.39, 0.29) is 0 Å². The van der Waals surface area contributed by atoms with Crippen LogP contribution in [0.25, 0.3) is 22.4 Å². The monoisotopic (exact) mass is 246 g/mol. The number of hydrogen-bond donors (Lipinski definition) is 2. The molecule has 6 heteroatoms. The molecule has 0 aliphatic carbocycles. The summed E-state index contributed by atoms with van der Waals surface area (Å²) in [6.07, 6.45) is 1.44. The first-order valence-electron chi connectivity index (χ1n) is 5.08. The highest BCUT2D eigenvalue weighted by Crippen LogP contribution is 2.25. The summed E-state index contributed by atoms with van der Waals surface area (Å²) in [4.78, 5) is 8.55. The average Bonchev–Trinajstić information content (AvgIpc) is 2.96. The lowest BCUT2D eigenvalue weighted by Gasteiger charge is -1.96. The van der Waals surface area contributed by atoms with Crippen LogP contribution in [0.2, 0.25) is 0 Å². The van der Waals surface area contributed by atoms with Gasteiger partial charge in [0.05, 0.1) is 12.2 Å². The van der Waals surface area contributed by atoms with Crippen LogP contribution in [-0.4, -0.2) is 9.97 Å². The molecule has 0 saturated heterocycles. The van der Waals surface area contributed by atoms with Crippen molar-refractivity contribution in [3.63, 3.8) is 0 Å². The maximum absolute atomic E-state index is 5.27. The first-order valence-corrected chi connectivity index (χ1v) is 5.96. The predicted octanol–water partition coefficient (Wildman–Crippen LogP) is 1.91. The number of hydrazine groups is 1. The molecule has 3 rings (SSSR count).